The molecule has 1 aliphatic rings. The van der Waals surface area contributed by atoms with Crippen molar-refractivity contribution in [3.8, 4) is 11.4 Å². The topological polar surface area (TPSA) is 94.1 Å². The highest BCUT2D eigenvalue weighted by molar-refractivity contribution is 5.95. The van der Waals surface area contributed by atoms with E-state index in [1.807, 2.05) is 12.1 Å². The summed E-state index contributed by atoms with van der Waals surface area (Å²) < 4.78 is 34.5. The van der Waals surface area contributed by atoms with Gasteiger partial charge in [-0.05, 0) is 37.0 Å². The molecule has 0 aliphatic heterocycles. The van der Waals surface area contributed by atoms with Crippen molar-refractivity contribution in [1.82, 2.24) is 20.6 Å². The number of aromatic nitrogens is 3. The zero-order valence-corrected chi connectivity index (χ0v) is 13.7. The van der Waals surface area contributed by atoms with Crippen molar-refractivity contribution < 1.29 is 22.6 Å². The number of alkyl halides is 2. The summed E-state index contributed by atoms with van der Waals surface area (Å²) in [6.45, 7) is 1.70. The highest BCUT2D eigenvalue weighted by Gasteiger charge is 2.26. The summed E-state index contributed by atoms with van der Waals surface area (Å²) in [5, 5.41) is 10.3. The van der Waals surface area contributed by atoms with Crippen molar-refractivity contribution in [2.45, 2.75) is 32.2 Å². The fourth-order valence-electron chi connectivity index (χ4n) is 3.09. The van der Waals surface area contributed by atoms with E-state index in [0.29, 0.717) is 16.8 Å². The van der Waals surface area contributed by atoms with Gasteiger partial charge in [-0.1, -0.05) is 22.4 Å². The summed E-state index contributed by atoms with van der Waals surface area (Å²) in [7, 11) is 0. The van der Waals surface area contributed by atoms with Crippen LogP contribution in [0.15, 0.2) is 33.5 Å². The highest BCUT2D eigenvalue weighted by Crippen LogP contribution is 2.34. The van der Waals surface area contributed by atoms with Gasteiger partial charge >= 0.3 is 6.43 Å². The number of hydrogen-bond acceptors (Lipinski definition) is 6. The largest absolute Gasteiger partial charge is 0.364 e. The van der Waals surface area contributed by atoms with Crippen LogP contribution in [-0.2, 0) is 6.42 Å². The average Bonchev–Trinajstić information content (AvgIpc) is 3.34. The fourth-order valence-corrected chi connectivity index (χ4v) is 3.09. The Labute approximate surface area is 146 Å². The molecule has 1 N–H and O–H groups in total. The number of halogens is 2. The number of carbonyl (C=O) groups excluding carboxylic acids is 1. The molecule has 1 amide bonds. The summed E-state index contributed by atoms with van der Waals surface area (Å²) >= 11 is 0. The fraction of sp³-hybridized carbons (Fsp3) is 0.294. The van der Waals surface area contributed by atoms with Gasteiger partial charge < -0.3 is 14.4 Å². The molecule has 2 heterocycles. The summed E-state index contributed by atoms with van der Waals surface area (Å²) in [5.74, 6) is -0.823. The maximum Gasteiger partial charge on any atom is 0.315 e. The Balaban J connectivity index is 1.54. The maximum atomic E-state index is 12.6. The van der Waals surface area contributed by atoms with Crippen LogP contribution in [0, 0.1) is 6.92 Å². The Morgan fingerprint density at radius 1 is 1.35 bits per heavy atom. The van der Waals surface area contributed by atoms with Crippen molar-refractivity contribution in [3.63, 3.8) is 0 Å². The highest BCUT2D eigenvalue weighted by atomic mass is 19.3. The molecule has 2 aromatic heterocycles. The molecule has 1 aromatic carbocycles. The van der Waals surface area contributed by atoms with Crippen LogP contribution in [-0.4, -0.2) is 21.2 Å². The molecule has 7 nitrogen and oxygen atoms in total. The number of nitrogens with one attached hydrogen (secondary N) is 1. The van der Waals surface area contributed by atoms with E-state index in [9.17, 15) is 13.6 Å². The summed E-state index contributed by atoms with van der Waals surface area (Å²) in [5.41, 5.74) is 3.53. The van der Waals surface area contributed by atoms with E-state index in [1.54, 1.807) is 13.0 Å². The first-order valence-corrected chi connectivity index (χ1v) is 7.99. The SMILES string of the molecule is Cc1nocc1C(=O)N[C@@H]1CCc2cc(-c3noc(C(F)F)n3)ccc21. The monoisotopic (exact) mass is 360 g/mol. The van der Waals surface area contributed by atoms with Crippen molar-refractivity contribution in [3.05, 3.63) is 52.7 Å². The average molecular weight is 360 g/mol. The second kappa shape index (κ2) is 6.32. The van der Waals surface area contributed by atoms with Gasteiger partial charge in [0.25, 0.3) is 11.8 Å². The third-order valence-corrected chi connectivity index (χ3v) is 4.41. The molecule has 0 saturated heterocycles. The van der Waals surface area contributed by atoms with Gasteiger partial charge in [0.05, 0.1) is 11.7 Å². The Morgan fingerprint density at radius 2 is 2.19 bits per heavy atom. The molecule has 0 spiro atoms. The molecular weight excluding hydrogens is 346 g/mol. The van der Waals surface area contributed by atoms with Gasteiger partial charge in [-0.3, -0.25) is 4.79 Å². The predicted octanol–water partition coefficient (Wildman–Crippen LogP) is 3.39. The van der Waals surface area contributed by atoms with Crippen LogP contribution >= 0.6 is 0 Å². The van der Waals surface area contributed by atoms with E-state index >= 15 is 0 Å². The van der Waals surface area contributed by atoms with E-state index in [0.717, 1.165) is 24.0 Å². The van der Waals surface area contributed by atoms with E-state index in [1.165, 1.54) is 6.26 Å². The number of carbonyl (C=O) groups is 1. The molecule has 0 unspecified atom stereocenters. The maximum absolute atomic E-state index is 12.6. The Morgan fingerprint density at radius 3 is 2.88 bits per heavy atom. The van der Waals surface area contributed by atoms with E-state index in [2.05, 4.69) is 25.1 Å². The van der Waals surface area contributed by atoms with E-state index in [4.69, 9.17) is 4.52 Å². The van der Waals surface area contributed by atoms with Crippen LogP contribution in [0.3, 0.4) is 0 Å². The lowest BCUT2D eigenvalue weighted by molar-refractivity contribution is 0.0935. The summed E-state index contributed by atoms with van der Waals surface area (Å²) in [4.78, 5) is 16.0. The minimum absolute atomic E-state index is 0.121. The Hall–Kier alpha value is -3.10. The zero-order valence-electron chi connectivity index (χ0n) is 13.7. The minimum Gasteiger partial charge on any atom is -0.364 e. The van der Waals surface area contributed by atoms with Gasteiger partial charge in [0.15, 0.2) is 0 Å². The molecule has 26 heavy (non-hydrogen) atoms. The minimum atomic E-state index is -2.80. The number of nitrogens with zero attached hydrogens (tertiary/aromatic N) is 3. The number of benzene rings is 1. The number of amides is 1. The molecular formula is C17H14F2N4O3. The van der Waals surface area contributed by atoms with E-state index in [-0.39, 0.29) is 17.8 Å². The molecule has 0 fully saturated rings. The van der Waals surface area contributed by atoms with Crippen molar-refractivity contribution in [2.75, 3.05) is 0 Å². The predicted molar refractivity (Wildman–Crippen MR) is 84.5 cm³/mol. The molecule has 1 aliphatic carbocycles. The van der Waals surface area contributed by atoms with Crippen LogP contribution in [0.1, 0.15) is 52.0 Å². The molecule has 1 atom stereocenters. The standard InChI is InChI=1S/C17H14F2N4O3/c1-8-12(7-25-22-8)16(24)20-13-5-3-9-6-10(2-4-11(9)13)15-21-17(14(18)19)26-23-15/h2,4,6-7,13-14H,3,5H2,1H3,(H,20,24)/t13-/m1/s1. The van der Waals surface area contributed by atoms with Gasteiger partial charge in [-0.25, -0.2) is 0 Å². The van der Waals surface area contributed by atoms with Crippen LogP contribution in [0.4, 0.5) is 8.78 Å². The number of rotatable bonds is 4. The summed E-state index contributed by atoms with van der Waals surface area (Å²) in [6, 6.07) is 5.28. The molecule has 134 valence electrons. The number of hydrogen-bond donors (Lipinski definition) is 1. The Kier molecular flexibility index (Phi) is 3.98. The van der Waals surface area contributed by atoms with Crippen molar-refractivity contribution in [2.24, 2.45) is 0 Å². The molecule has 0 bridgehead atoms. The first-order chi connectivity index (χ1) is 12.5. The molecule has 4 rings (SSSR count). The van der Waals surface area contributed by atoms with Crippen LogP contribution in [0.5, 0.6) is 0 Å². The number of fused-ring (bicyclic) bond motifs is 1. The smallest absolute Gasteiger partial charge is 0.315 e. The second-order valence-corrected chi connectivity index (χ2v) is 6.05. The van der Waals surface area contributed by atoms with Gasteiger partial charge in [0.1, 0.15) is 11.8 Å². The van der Waals surface area contributed by atoms with Crippen LogP contribution in [0.25, 0.3) is 11.4 Å². The molecule has 3 aromatic rings. The van der Waals surface area contributed by atoms with Gasteiger partial charge in [0, 0.05) is 5.56 Å². The first-order valence-electron chi connectivity index (χ1n) is 7.99. The van der Waals surface area contributed by atoms with Crippen molar-refractivity contribution in [1.29, 1.82) is 0 Å². The van der Waals surface area contributed by atoms with E-state index < -0.39 is 12.3 Å². The summed E-state index contributed by atoms with van der Waals surface area (Å²) in [6.07, 6.45) is 0.00582. The zero-order chi connectivity index (χ0) is 18.3. The lowest BCUT2D eigenvalue weighted by Gasteiger charge is -2.13. The molecule has 0 saturated carbocycles. The molecule has 0 radical (unpaired) electrons. The normalized spacial score (nSPS) is 16.1. The lowest BCUT2D eigenvalue weighted by atomic mass is 10.0. The Bertz CT molecular complexity index is 967. The second-order valence-electron chi connectivity index (χ2n) is 6.05. The quantitative estimate of drug-likeness (QED) is 0.766. The van der Waals surface area contributed by atoms with Crippen LogP contribution < -0.4 is 5.32 Å². The van der Waals surface area contributed by atoms with Crippen molar-refractivity contribution >= 4 is 5.91 Å². The number of aryl methyl sites for hydroxylation is 2. The van der Waals surface area contributed by atoms with Crippen LogP contribution in [0.2, 0.25) is 0 Å². The lowest BCUT2D eigenvalue weighted by Crippen LogP contribution is -2.27. The third-order valence-electron chi connectivity index (χ3n) is 4.41. The third kappa shape index (κ3) is 2.85. The van der Waals surface area contributed by atoms with Gasteiger partial charge in [-0.15, -0.1) is 0 Å². The van der Waals surface area contributed by atoms with Gasteiger partial charge in [-0.2, -0.15) is 13.8 Å². The van der Waals surface area contributed by atoms with Gasteiger partial charge in [0.2, 0.25) is 5.82 Å². The first kappa shape index (κ1) is 16.4. The molecule has 9 heteroatoms.